The Morgan fingerprint density at radius 1 is 1.13 bits per heavy atom. The number of carbonyl (C=O) groups is 4. The van der Waals surface area contributed by atoms with Crippen molar-refractivity contribution in [1.82, 2.24) is 20.5 Å². The largest absolute Gasteiger partial charge is 0.488 e. The first-order valence-corrected chi connectivity index (χ1v) is 15.8. The Balaban J connectivity index is 1.62. The predicted octanol–water partition coefficient (Wildman–Crippen LogP) is 4.85. The van der Waals surface area contributed by atoms with Crippen LogP contribution in [0.3, 0.4) is 0 Å². The van der Waals surface area contributed by atoms with Gasteiger partial charge >= 0.3 is 12.1 Å². The van der Waals surface area contributed by atoms with Crippen molar-refractivity contribution < 1.29 is 33.4 Å². The van der Waals surface area contributed by atoms with Gasteiger partial charge in [-0.25, -0.2) is 9.59 Å². The Kier molecular flexibility index (Phi) is 11.1. The van der Waals surface area contributed by atoms with E-state index in [0.717, 1.165) is 10.9 Å². The number of methoxy groups -OCH3 is 1. The van der Waals surface area contributed by atoms with Crippen LogP contribution in [0.4, 0.5) is 4.79 Å². The lowest BCUT2D eigenvalue weighted by Gasteiger charge is -2.30. The molecule has 1 aromatic heterocycles. The zero-order valence-corrected chi connectivity index (χ0v) is 27.3. The predicted molar refractivity (Wildman–Crippen MR) is 174 cm³/mol. The summed E-state index contributed by atoms with van der Waals surface area (Å²) in [5.41, 5.74) is -1.18. The van der Waals surface area contributed by atoms with Crippen LogP contribution in [0.25, 0.3) is 10.9 Å². The fraction of sp³-hybridized carbons (Fsp3) is 0.514. The van der Waals surface area contributed by atoms with E-state index in [-0.39, 0.29) is 18.9 Å². The van der Waals surface area contributed by atoms with E-state index < -0.39 is 53.2 Å². The Morgan fingerprint density at radius 3 is 2.57 bits per heavy atom. The van der Waals surface area contributed by atoms with Crippen molar-refractivity contribution in [2.45, 2.75) is 95.0 Å². The van der Waals surface area contributed by atoms with Crippen molar-refractivity contribution in [1.29, 1.82) is 0 Å². The number of hydrogen-bond acceptors (Lipinski definition) is 8. The molecule has 2 aromatic rings. The van der Waals surface area contributed by atoms with Gasteiger partial charge in [0, 0.05) is 18.0 Å². The second-order valence-electron chi connectivity index (χ2n) is 12.9. The molecule has 1 aromatic carbocycles. The van der Waals surface area contributed by atoms with Crippen LogP contribution in [0, 0.1) is 5.92 Å². The van der Waals surface area contributed by atoms with Gasteiger partial charge in [-0.05, 0) is 83.4 Å². The van der Waals surface area contributed by atoms with Crippen LogP contribution < -0.4 is 15.4 Å². The van der Waals surface area contributed by atoms with Crippen LogP contribution in [-0.2, 0) is 23.9 Å². The summed E-state index contributed by atoms with van der Waals surface area (Å²) >= 11 is 0. The number of fused-ring (bicyclic) bond motifs is 1. The number of unbranched alkanes of at least 4 members (excludes halogenated alkanes) is 1. The molecule has 3 amide bonds. The Labute approximate surface area is 270 Å². The Hall–Kier alpha value is -4.41. The summed E-state index contributed by atoms with van der Waals surface area (Å²) < 4.78 is 17.0. The van der Waals surface area contributed by atoms with E-state index in [4.69, 9.17) is 14.2 Å². The number of ether oxygens (including phenoxy) is 3. The Morgan fingerprint density at radius 2 is 1.87 bits per heavy atom. The van der Waals surface area contributed by atoms with Gasteiger partial charge in [0.15, 0.2) is 0 Å². The van der Waals surface area contributed by atoms with E-state index in [1.165, 1.54) is 12.0 Å². The van der Waals surface area contributed by atoms with Crippen LogP contribution in [-0.4, -0.2) is 76.7 Å². The normalized spacial score (nSPS) is 22.8. The number of rotatable bonds is 14. The van der Waals surface area contributed by atoms with Crippen molar-refractivity contribution in [2.75, 3.05) is 13.7 Å². The minimum Gasteiger partial charge on any atom is -0.488 e. The van der Waals surface area contributed by atoms with Crippen LogP contribution in [0.5, 0.6) is 5.75 Å². The van der Waals surface area contributed by atoms with Gasteiger partial charge in [-0.2, -0.15) is 0 Å². The summed E-state index contributed by atoms with van der Waals surface area (Å²) in [5, 5.41) is 6.48. The second kappa shape index (κ2) is 14.8. The van der Waals surface area contributed by atoms with Gasteiger partial charge in [0.05, 0.1) is 19.2 Å². The first-order chi connectivity index (χ1) is 21.9. The van der Waals surface area contributed by atoms with Crippen molar-refractivity contribution in [3.05, 3.63) is 61.8 Å². The SMILES string of the molecule is C=CCCC[C@H](NC(=O)OC(C)(C)C)C(=O)N1C[C@H](Oc2ccnc3ccccc23)C[C@H]1C(=O)N[C@]1(C(=O)OC)CC1CCC=C. The van der Waals surface area contributed by atoms with Crippen LogP contribution in [0.1, 0.15) is 65.7 Å². The number of carbonyl (C=O) groups excluding carboxylic acids is 4. The molecular weight excluding hydrogens is 588 g/mol. The van der Waals surface area contributed by atoms with E-state index in [1.54, 1.807) is 45.2 Å². The lowest BCUT2D eigenvalue weighted by Crippen LogP contribution is -2.56. The fourth-order valence-electron chi connectivity index (χ4n) is 6.04. The zero-order valence-electron chi connectivity index (χ0n) is 27.3. The van der Waals surface area contributed by atoms with Gasteiger partial charge in [0.2, 0.25) is 11.8 Å². The molecule has 248 valence electrons. The molecule has 46 heavy (non-hydrogen) atoms. The third-order valence-corrected chi connectivity index (χ3v) is 8.36. The molecule has 2 N–H and O–H groups in total. The molecule has 4 rings (SSSR count). The van der Waals surface area contributed by atoms with E-state index in [0.29, 0.717) is 44.3 Å². The van der Waals surface area contributed by atoms with Gasteiger partial charge in [-0.1, -0.05) is 24.3 Å². The lowest BCUT2D eigenvalue weighted by molar-refractivity contribution is -0.148. The third kappa shape index (κ3) is 8.24. The maximum Gasteiger partial charge on any atom is 0.408 e. The summed E-state index contributed by atoms with van der Waals surface area (Å²) in [7, 11) is 1.30. The van der Waals surface area contributed by atoms with Crippen LogP contribution >= 0.6 is 0 Å². The number of para-hydroxylation sites is 1. The number of benzene rings is 1. The number of aromatic nitrogens is 1. The van der Waals surface area contributed by atoms with E-state index in [9.17, 15) is 19.2 Å². The van der Waals surface area contributed by atoms with Gasteiger partial charge in [-0.15, -0.1) is 13.2 Å². The first-order valence-electron chi connectivity index (χ1n) is 15.8. The van der Waals surface area contributed by atoms with E-state index in [1.807, 2.05) is 24.3 Å². The van der Waals surface area contributed by atoms with Crippen LogP contribution in [0.2, 0.25) is 0 Å². The topological polar surface area (TPSA) is 136 Å². The number of alkyl carbamates (subject to hydrolysis) is 1. The Bertz CT molecular complexity index is 1450. The monoisotopic (exact) mass is 634 g/mol. The summed E-state index contributed by atoms with van der Waals surface area (Å²) in [6.07, 6.45) is 7.38. The fourth-order valence-corrected chi connectivity index (χ4v) is 6.04. The van der Waals surface area contributed by atoms with E-state index >= 15 is 0 Å². The molecule has 0 radical (unpaired) electrons. The summed E-state index contributed by atoms with van der Waals surface area (Å²) in [4.78, 5) is 59.8. The summed E-state index contributed by atoms with van der Waals surface area (Å²) in [6.45, 7) is 12.8. The highest BCUT2D eigenvalue weighted by Gasteiger charge is 2.62. The summed E-state index contributed by atoms with van der Waals surface area (Å²) in [6, 6.07) is 7.39. The number of amides is 3. The molecule has 2 heterocycles. The van der Waals surface area contributed by atoms with Crippen molar-refractivity contribution in [3.63, 3.8) is 0 Å². The minimum atomic E-state index is -1.16. The van der Waals surface area contributed by atoms with Crippen LogP contribution in [0.15, 0.2) is 61.8 Å². The molecule has 11 heteroatoms. The molecule has 1 aliphatic carbocycles. The van der Waals surface area contributed by atoms with Crippen molar-refractivity contribution in [2.24, 2.45) is 5.92 Å². The smallest absolute Gasteiger partial charge is 0.408 e. The van der Waals surface area contributed by atoms with Crippen molar-refractivity contribution >= 4 is 34.8 Å². The van der Waals surface area contributed by atoms with Gasteiger partial charge < -0.3 is 29.7 Å². The molecule has 0 spiro atoms. The van der Waals surface area contributed by atoms with Gasteiger partial charge in [0.25, 0.3) is 0 Å². The summed E-state index contributed by atoms with van der Waals surface area (Å²) in [5.74, 6) is -0.963. The highest BCUT2D eigenvalue weighted by Crippen LogP contribution is 2.48. The molecular formula is C35H46N4O7. The highest BCUT2D eigenvalue weighted by molar-refractivity contribution is 5.96. The molecule has 2 fully saturated rings. The molecule has 1 unspecified atom stereocenters. The van der Waals surface area contributed by atoms with E-state index in [2.05, 4.69) is 28.8 Å². The average molecular weight is 635 g/mol. The molecule has 1 saturated carbocycles. The maximum absolute atomic E-state index is 14.2. The molecule has 0 bridgehead atoms. The molecule has 2 aliphatic rings. The quantitative estimate of drug-likeness (QED) is 0.171. The third-order valence-electron chi connectivity index (χ3n) is 8.36. The van der Waals surface area contributed by atoms with Crippen molar-refractivity contribution in [3.8, 4) is 5.75 Å². The number of hydrogen-bond donors (Lipinski definition) is 2. The standard InChI is InChI=1S/C35H46N4O7/c1-7-9-11-17-27(37-33(43)46-34(3,4)5)31(41)39-22-24(45-29-18-19-36-26-16-13-12-15-25(26)29)20-28(39)30(40)38-35(32(42)44-6)21-23(35)14-10-8-2/h7-8,12-13,15-16,18-19,23-24,27-28H,1-2,9-11,14,17,20-22H2,3-6H3,(H,37,43)(H,38,40)/t23?,24-,27+,28+,35-/m1/s1. The zero-order chi connectivity index (χ0) is 33.5. The maximum atomic E-state index is 14.2. The number of allylic oxidation sites excluding steroid dienone is 2. The molecule has 1 saturated heterocycles. The molecule has 1 aliphatic heterocycles. The van der Waals surface area contributed by atoms with Gasteiger partial charge in [0.1, 0.15) is 35.1 Å². The lowest BCUT2D eigenvalue weighted by atomic mass is 10.1. The molecule has 11 nitrogen and oxygen atoms in total. The minimum absolute atomic E-state index is 0.0899. The van der Waals surface area contributed by atoms with Gasteiger partial charge in [-0.3, -0.25) is 14.6 Å². The first kappa shape index (κ1) is 34.5. The number of nitrogens with zero attached hydrogens (tertiary/aromatic N) is 2. The average Bonchev–Trinajstić information content (AvgIpc) is 3.55. The number of likely N-dealkylation sites (tertiary alicyclic amines) is 1. The highest BCUT2D eigenvalue weighted by atomic mass is 16.6. The molecule has 5 atom stereocenters. The number of esters is 1. The number of pyridine rings is 1. The second-order valence-corrected chi connectivity index (χ2v) is 12.9. The number of nitrogens with one attached hydrogen (secondary N) is 2.